The van der Waals surface area contributed by atoms with Crippen molar-refractivity contribution in [1.82, 2.24) is 30.1 Å². The van der Waals surface area contributed by atoms with Crippen molar-refractivity contribution in [2.75, 3.05) is 38.1 Å². The lowest BCUT2D eigenvalue weighted by Gasteiger charge is -2.48. The summed E-state index contributed by atoms with van der Waals surface area (Å²) in [6.45, 7) is 4.73. The number of amides is 2. The maximum atomic E-state index is 14.5. The molecular weight excluding hydrogens is 485 g/mol. The first-order valence-corrected chi connectivity index (χ1v) is 13.2. The maximum Gasteiger partial charge on any atom is 0.269 e. The first-order chi connectivity index (χ1) is 18.4. The third kappa shape index (κ3) is 5.26. The lowest BCUT2D eigenvalue weighted by Crippen LogP contribution is -2.71. The molecule has 1 saturated carbocycles. The summed E-state index contributed by atoms with van der Waals surface area (Å²) in [6.07, 6.45) is 6.23. The number of carbonyl (C=O) groups is 2. The number of carbonyl (C=O) groups excluding carboxylic acids is 2. The minimum absolute atomic E-state index is 0.0819. The van der Waals surface area contributed by atoms with Crippen LogP contribution in [0.2, 0.25) is 0 Å². The number of nitrogens with one attached hydrogen (secondary N) is 1. The molecule has 1 saturated heterocycles. The van der Waals surface area contributed by atoms with Gasteiger partial charge in [-0.05, 0) is 74.8 Å². The third-order valence-corrected chi connectivity index (χ3v) is 7.32. The van der Waals surface area contributed by atoms with Crippen molar-refractivity contribution >= 4 is 17.5 Å². The molecule has 2 heterocycles. The van der Waals surface area contributed by atoms with Crippen LogP contribution in [0.25, 0.3) is 5.69 Å². The van der Waals surface area contributed by atoms with Gasteiger partial charge < -0.3 is 20.0 Å². The highest BCUT2D eigenvalue weighted by atomic mass is 19.1. The van der Waals surface area contributed by atoms with E-state index >= 15 is 0 Å². The van der Waals surface area contributed by atoms with Crippen molar-refractivity contribution in [3.05, 3.63) is 72.3 Å². The number of hydrogen-bond acceptors (Lipinski definition) is 6. The van der Waals surface area contributed by atoms with E-state index in [1.165, 1.54) is 12.1 Å². The molecule has 1 aliphatic heterocycles. The summed E-state index contributed by atoms with van der Waals surface area (Å²) >= 11 is 0. The molecule has 1 aromatic heterocycles. The van der Waals surface area contributed by atoms with Crippen LogP contribution >= 0.6 is 0 Å². The Morgan fingerprint density at radius 3 is 2.32 bits per heavy atom. The summed E-state index contributed by atoms with van der Waals surface area (Å²) in [5.41, 5.74) is 0.644. The number of hydrogen-bond donors (Lipinski definition) is 1. The molecule has 0 radical (unpaired) electrons. The summed E-state index contributed by atoms with van der Waals surface area (Å²) in [5, 5.41) is 11.0. The molecule has 38 heavy (non-hydrogen) atoms. The van der Waals surface area contributed by atoms with Crippen LogP contribution in [-0.4, -0.2) is 81.5 Å². The van der Waals surface area contributed by atoms with Gasteiger partial charge >= 0.3 is 0 Å². The summed E-state index contributed by atoms with van der Waals surface area (Å²) in [4.78, 5) is 34.4. The number of nitrogens with zero attached hydrogens (tertiary/aromatic N) is 6. The van der Waals surface area contributed by atoms with E-state index in [1.54, 1.807) is 53.5 Å². The zero-order valence-electron chi connectivity index (χ0n) is 21.9. The van der Waals surface area contributed by atoms with E-state index in [9.17, 15) is 14.0 Å². The Bertz CT molecular complexity index is 1240. The normalized spacial score (nSPS) is 17.6. The quantitative estimate of drug-likeness (QED) is 0.438. The van der Waals surface area contributed by atoms with Gasteiger partial charge in [0, 0.05) is 43.5 Å². The van der Waals surface area contributed by atoms with Gasteiger partial charge in [0.1, 0.15) is 5.82 Å². The number of benzene rings is 2. The monoisotopic (exact) mass is 519 g/mol. The van der Waals surface area contributed by atoms with Crippen LogP contribution in [0.1, 0.15) is 43.0 Å². The van der Waals surface area contributed by atoms with Gasteiger partial charge in [0.15, 0.2) is 5.66 Å². The van der Waals surface area contributed by atoms with Crippen LogP contribution in [0.3, 0.4) is 0 Å². The zero-order valence-corrected chi connectivity index (χ0v) is 21.9. The fourth-order valence-electron chi connectivity index (χ4n) is 5.19. The predicted octanol–water partition coefficient (Wildman–Crippen LogP) is 3.08. The van der Waals surface area contributed by atoms with Crippen molar-refractivity contribution in [2.45, 2.75) is 44.3 Å². The van der Waals surface area contributed by atoms with E-state index in [-0.39, 0.29) is 23.7 Å². The first-order valence-electron chi connectivity index (χ1n) is 13.2. The summed E-state index contributed by atoms with van der Waals surface area (Å²) in [6, 6.07) is 13.4. The number of halogens is 1. The van der Waals surface area contributed by atoms with Crippen molar-refractivity contribution in [1.29, 1.82) is 0 Å². The Kier molecular flexibility index (Phi) is 7.42. The Balaban J connectivity index is 1.52. The molecule has 5 rings (SSSR count). The van der Waals surface area contributed by atoms with Crippen LogP contribution in [0.15, 0.2) is 60.9 Å². The van der Waals surface area contributed by atoms with Crippen LogP contribution in [0.4, 0.5) is 10.1 Å². The average molecular weight is 520 g/mol. The molecule has 9 nitrogen and oxygen atoms in total. The molecule has 1 atom stereocenters. The number of rotatable bonds is 9. The van der Waals surface area contributed by atoms with Gasteiger partial charge in [0.05, 0.1) is 18.1 Å². The molecule has 200 valence electrons. The fraction of sp³-hybridized carbons (Fsp3) is 0.429. The van der Waals surface area contributed by atoms with Gasteiger partial charge in [-0.1, -0.05) is 18.6 Å². The molecule has 3 aromatic rings. The second-order valence-electron chi connectivity index (χ2n) is 10.1. The van der Waals surface area contributed by atoms with Crippen LogP contribution in [-0.2, 0) is 4.79 Å². The van der Waals surface area contributed by atoms with Gasteiger partial charge in [0.25, 0.3) is 11.8 Å². The molecule has 0 bridgehead atoms. The minimum atomic E-state index is -1.30. The second kappa shape index (κ2) is 10.9. The second-order valence-corrected chi connectivity index (χ2v) is 10.1. The van der Waals surface area contributed by atoms with Gasteiger partial charge in [0.2, 0.25) is 0 Å². The van der Waals surface area contributed by atoms with Gasteiger partial charge in [-0.15, -0.1) is 5.10 Å². The van der Waals surface area contributed by atoms with Crippen molar-refractivity contribution in [3.8, 4) is 5.69 Å². The van der Waals surface area contributed by atoms with E-state index in [4.69, 9.17) is 0 Å². The lowest BCUT2D eigenvalue weighted by molar-refractivity contribution is -0.140. The first kappa shape index (κ1) is 25.8. The average Bonchev–Trinajstić information content (AvgIpc) is 3.60. The van der Waals surface area contributed by atoms with Crippen molar-refractivity contribution < 1.29 is 14.0 Å². The molecule has 2 aliphatic rings. The highest BCUT2D eigenvalue weighted by Gasteiger charge is 2.52. The summed E-state index contributed by atoms with van der Waals surface area (Å²) in [7, 11) is 2.04. The molecular formula is C28H34FN7O2. The highest BCUT2D eigenvalue weighted by Crippen LogP contribution is 2.40. The summed E-state index contributed by atoms with van der Waals surface area (Å²) in [5.74, 6) is -0.789. The largest absolute Gasteiger partial charge is 0.338 e. The van der Waals surface area contributed by atoms with Crippen LogP contribution in [0.5, 0.6) is 0 Å². The smallest absolute Gasteiger partial charge is 0.269 e. The Labute approximate surface area is 222 Å². The van der Waals surface area contributed by atoms with E-state index < -0.39 is 5.66 Å². The molecule has 0 spiro atoms. The lowest BCUT2D eigenvalue weighted by atomic mass is 9.96. The molecule has 10 heteroatoms. The standard InChI is InChI=1S/C28H34FN7O2/c1-3-14-28(27(38)34-19-17-33(2)18-20-34,36(25-12-13-25)24-10-6-22(29)7-11-24)31-26(37)21-4-8-23(9-5-21)35-16-15-30-32-35/h4-11,15-16,25H,3,12-14,17-20H2,1-2H3,(H,31,37)/t28-/m0/s1. The molecule has 1 aliphatic carbocycles. The Hall–Kier alpha value is -3.79. The van der Waals surface area contributed by atoms with E-state index in [0.717, 1.165) is 37.3 Å². The highest BCUT2D eigenvalue weighted by molar-refractivity contribution is 6.01. The number of anilines is 1. The zero-order chi connectivity index (χ0) is 26.7. The number of piperazine rings is 1. The van der Waals surface area contributed by atoms with E-state index in [1.807, 2.05) is 23.8 Å². The topological polar surface area (TPSA) is 86.6 Å². The van der Waals surface area contributed by atoms with E-state index in [0.29, 0.717) is 31.5 Å². The third-order valence-electron chi connectivity index (χ3n) is 7.32. The van der Waals surface area contributed by atoms with Crippen molar-refractivity contribution in [2.24, 2.45) is 0 Å². The Morgan fingerprint density at radius 1 is 1.05 bits per heavy atom. The fourth-order valence-corrected chi connectivity index (χ4v) is 5.19. The maximum absolute atomic E-state index is 14.5. The van der Waals surface area contributed by atoms with Gasteiger partial charge in [-0.3, -0.25) is 9.59 Å². The SMILES string of the molecule is CCC[C@@](NC(=O)c1ccc(-n2ccnn2)cc1)(C(=O)N1CCN(C)CC1)N(c1ccc(F)cc1)C1CC1. The number of aromatic nitrogens is 3. The molecule has 2 amide bonds. The molecule has 1 N–H and O–H groups in total. The summed E-state index contributed by atoms with van der Waals surface area (Å²) < 4.78 is 15.5. The van der Waals surface area contributed by atoms with Gasteiger partial charge in [-0.2, -0.15) is 0 Å². The van der Waals surface area contributed by atoms with Crippen LogP contribution in [0, 0.1) is 5.82 Å². The number of likely N-dealkylation sites (N-methyl/N-ethyl adjacent to an activating group) is 1. The molecule has 0 unspecified atom stereocenters. The minimum Gasteiger partial charge on any atom is -0.338 e. The van der Waals surface area contributed by atoms with Crippen LogP contribution < -0.4 is 10.2 Å². The molecule has 2 fully saturated rings. The van der Waals surface area contributed by atoms with Gasteiger partial charge in [-0.25, -0.2) is 9.07 Å². The predicted molar refractivity (Wildman–Crippen MR) is 142 cm³/mol. The molecule has 2 aromatic carbocycles. The Morgan fingerprint density at radius 2 is 1.74 bits per heavy atom. The van der Waals surface area contributed by atoms with E-state index in [2.05, 4.69) is 20.5 Å². The van der Waals surface area contributed by atoms with Crippen molar-refractivity contribution in [3.63, 3.8) is 0 Å².